The van der Waals surface area contributed by atoms with Gasteiger partial charge < -0.3 is 11.1 Å². The molecule has 0 bridgehead atoms. The van der Waals surface area contributed by atoms with Crippen LogP contribution in [-0.2, 0) is 6.42 Å². The van der Waals surface area contributed by atoms with Gasteiger partial charge in [0.15, 0.2) is 5.82 Å². The fourth-order valence-corrected chi connectivity index (χ4v) is 5.14. The SMILES string of the molecule is Nc1ccc2nc(-c3cccc4ccccc34)nc(Nc3ccc4c(c3)Cc3ccccc3-4)c2c1. The molecule has 0 saturated carbocycles. The number of nitrogens with zero attached hydrogens (tertiary/aromatic N) is 2. The van der Waals surface area contributed by atoms with E-state index in [-0.39, 0.29) is 0 Å². The second-order valence-electron chi connectivity index (χ2n) is 9.03. The second kappa shape index (κ2) is 7.67. The molecule has 166 valence electrons. The average molecular weight is 451 g/mol. The van der Waals surface area contributed by atoms with Gasteiger partial charge in [-0.1, -0.05) is 72.8 Å². The zero-order chi connectivity index (χ0) is 23.4. The molecule has 0 fully saturated rings. The maximum atomic E-state index is 6.15. The van der Waals surface area contributed by atoms with E-state index in [0.717, 1.165) is 39.8 Å². The molecule has 4 heteroatoms. The van der Waals surface area contributed by atoms with Crippen molar-refractivity contribution in [3.8, 4) is 22.5 Å². The van der Waals surface area contributed by atoms with Gasteiger partial charge in [-0.15, -0.1) is 0 Å². The van der Waals surface area contributed by atoms with Crippen molar-refractivity contribution in [2.24, 2.45) is 0 Å². The molecule has 5 aromatic carbocycles. The summed E-state index contributed by atoms with van der Waals surface area (Å²) in [4.78, 5) is 9.93. The van der Waals surface area contributed by atoms with E-state index in [1.165, 1.54) is 27.6 Å². The fraction of sp³-hybridized carbons (Fsp3) is 0.0323. The number of hydrogen-bond acceptors (Lipinski definition) is 4. The van der Waals surface area contributed by atoms with Gasteiger partial charge in [-0.3, -0.25) is 0 Å². The summed E-state index contributed by atoms with van der Waals surface area (Å²) in [7, 11) is 0. The summed E-state index contributed by atoms with van der Waals surface area (Å²) in [5.74, 6) is 1.44. The van der Waals surface area contributed by atoms with Gasteiger partial charge in [0.1, 0.15) is 5.82 Å². The maximum absolute atomic E-state index is 6.15. The molecule has 0 amide bonds. The number of benzene rings is 5. The lowest BCUT2D eigenvalue weighted by atomic mass is 10.0. The summed E-state index contributed by atoms with van der Waals surface area (Å²) < 4.78 is 0. The summed E-state index contributed by atoms with van der Waals surface area (Å²) in [5, 5.41) is 6.78. The van der Waals surface area contributed by atoms with Crippen LogP contribution >= 0.6 is 0 Å². The number of fused-ring (bicyclic) bond motifs is 5. The highest BCUT2D eigenvalue weighted by molar-refractivity contribution is 5.99. The summed E-state index contributed by atoms with van der Waals surface area (Å²) >= 11 is 0. The number of nitrogens with two attached hydrogens (primary N) is 1. The summed E-state index contributed by atoms with van der Waals surface area (Å²) in [6, 6.07) is 35.5. The summed E-state index contributed by atoms with van der Waals surface area (Å²) in [6.45, 7) is 0. The number of rotatable bonds is 3. The van der Waals surface area contributed by atoms with E-state index in [0.29, 0.717) is 11.5 Å². The lowest BCUT2D eigenvalue weighted by molar-refractivity contribution is 1.22. The van der Waals surface area contributed by atoms with Crippen LogP contribution in [0.4, 0.5) is 17.2 Å². The van der Waals surface area contributed by atoms with Crippen LogP contribution in [0.15, 0.2) is 103 Å². The minimum Gasteiger partial charge on any atom is -0.399 e. The predicted octanol–water partition coefficient (Wildman–Crippen LogP) is 7.35. The van der Waals surface area contributed by atoms with Crippen molar-refractivity contribution in [1.82, 2.24) is 9.97 Å². The molecule has 1 heterocycles. The minimum absolute atomic E-state index is 0.687. The van der Waals surface area contributed by atoms with E-state index in [1.54, 1.807) is 0 Å². The normalized spacial score (nSPS) is 12.0. The van der Waals surface area contributed by atoms with Gasteiger partial charge in [-0.05, 0) is 69.8 Å². The number of hydrogen-bond donors (Lipinski definition) is 2. The molecule has 0 saturated heterocycles. The van der Waals surface area contributed by atoms with Crippen molar-refractivity contribution >= 4 is 38.9 Å². The van der Waals surface area contributed by atoms with E-state index in [2.05, 4.69) is 90.2 Å². The molecule has 0 unspecified atom stereocenters. The highest BCUT2D eigenvalue weighted by Gasteiger charge is 2.19. The number of aromatic nitrogens is 2. The lowest BCUT2D eigenvalue weighted by Gasteiger charge is -2.14. The van der Waals surface area contributed by atoms with Crippen LogP contribution in [0.1, 0.15) is 11.1 Å². The third kappa shape index (κ3) is 3.30. The third-order valence-corrected chi connectivity index (χ3v) is 6.81. The second-order valence-corrected chi connectivity index (χ2v) is 9.03. The van der Waals surface area contributed by atoms with Crippen molar-refractivity contribution < 1.29 is 0 Å². The van der Waals surface area contributed by atoms with Crippen molar-refractivity contribution in [1.29, 1.82) is 0 Å². The summed E-state index contributed by atoms with van der Waals surface area (Å²) in [6.07, 6.45) is 0.944. The van der Waals surface area contributed by atoms with Gasteiger partial charge >= 0.3 is 0 Å². The first-order valence-electron chi connectivity index (χ1n) is 11.8. The zero-order valence-electron chi connectivity index (χ0n) is 19.0. The fourth-order valence-electron chi connectivity index (χ4n) is 5.14. The van der Waals surface area contributed by atoms with Gasteiger partial charge in [0.25, 0.3) is 0 Å². The van der Waals surface area contributed by atoms with Crippen LogP contribution in [0.25, 0.3) is 44.2 Å². The van der Waals surface area contributed by atoms with E-state index in [1.807, 2.05) is 18.2 Å². The van der Waals surface area contributed by atoms with Crippen LogP contribution in [0, 0.1) is 0 Å². The molecular formula is C31H22N4. The molecule has 0 radical (unpaired) electrons. The molecule has 1 aliphatic carbocycles. The number of anilines is 3. The average Bonchev–Trinajstić information content (AvgIpc) is 3.26. The van der Waals surface area contributed by atoms with Crippen molar-refractivity contribution in [3.05, 3.63) is 114 Å². The molecule has 0 aliphatic heterocycles. The molecule has 35 heavy (non-hydrogen) atoms. The van der Waals surface area contributed by atoms with Gasteiger partial charge in [0.05, 0.1) is 5.52 Å². The maximum Gasteiger partial charge on any atom is 0.162 e. The molecule has 4 nitrogen and oxygen atoms in total. The van der Waals surface area contributed by atoms with Crippen LogP contribution < -0.4 is 11.1 Å². The van der Waals surface area contributed by atoms with E-state index >= 15 is 0 Å². The molecule has 6 aromatic rings. The summed E-state index contributed by atoms with van der Waals surface area (Å²) in [5.41, 5.74) is 15.0. The first-order valence-corrected chi connectivity index (χ1v) is 11.8. The van der Waals surface area contributed by atoms with Gasteiger partial charge in [0.2, 0.25) is 0 Å². The topological polar surface area (TPSA) is 63.8 Å². The van der Waals surface area contributed by atoms with Crippen LogP contribution in [-0.4, -0.2) is 9.97 Å². The highest BCUT2D eigenvalue weighted by atomic mass is 15.0. The Hall–Kier alpha value is -4.70. The van der Waals surface area contributed by atoms with E-state index < -0.39 is 0 Å². The van der Waals surface area contributed by atoms with Gasteiger partial charge in [-0.2, -0.15) is 0 Å². The van der Waals surface area contributed by atoms with Crippen molar-refractivity contribution in [2.75, 3.05) is 11.1 Å². The molecular weight excluding hydrogens is 428 g/mol. The first-order chi connectivity index (χ1) is 17.2. The molecule has 7 rings (SSSR count). The van der Waals surface area contributed by atoms with Gasteiger partial charge in [0, 0.05) is 22.3 Å². The van der Waals surface area contributed by atoms with Crippen LogP contribution in [0.3, 0.4) is 0 Å². The van der Waals surface area contributed by atoms with Crippen molar-refractivity contribution in [2.45, 2.75) is 6.42 Å². The Labute approximate surface area is 203 Å². The Kier molecular flexibility index (Phi) is 4.33. The Bertz CT molecular complexity index is 1770. The largest absolute Gasteiger partial charge is 0.399 e. The smallest absolute Gasteiger partial charge is 0.162 e. The Morgan fingerprint density at radius 1 is 0.629 bits per heavy atom. The minimum atomic E-state index is 0.687. The molecule has 0 atom stereocenters. The Balaban J connectivity index is 1.36. The van der Waals surface area contributed by atoms with E-state index in [9.17, 15) is 0 Å². The molecule has 3 N–H and O–H groups in total. The Morgan fingerprint density at radius 2 is 1.43 bits per heavy atom. The molecule has 0 spiro atoms. The van der Waals surface area contributed by atoms with Crippen LogP contribution in [0.5, 0.6) is 0 Å². The highest BCUT2D eigenvalue weighted by Crippen LogP contribution is 2.39. The predicted molar refractivity (Wildman–Crippen MR) is 145 cm³/mol. The number of nitrogen functional groups attached to an aromatic ring is 1. The molecule has 1 aromatic heterocycles. The lowest BCUT2D eigenvalue weighted by Crippen LogP contribution is -2.01. The van der Waals surface area contributed by atoms with Crippen LogP contribution in [0.2, 0.25) is 0 Å². The van der Waals surface area contributed by atoms with Crippen molar-refractivity contribution in [3.63, 3.8) is 0 Å². The third-order valence-electron chi connectivity index (χ3n) is 6.81. The van der Waals surface area contributed by atoms with E-state index in [4.69, 9.17) is 15.7 Å². The number of nitrogens with one attached hydrogen (secondary N) is 1. The Morgan fingerprint density at radius 3 is 2.40 bits per heavy atom. The quantitative estimate of drug-likeness (QED) is 0.276. The monoisotopic (exact) mass is 450 g/mol. The first kappa shape index (κ1) is 19.7. The van der Waals surface area contributed by atoms with Gasteiger partial charge in [-0.25, -0.2) is 9.97 Å². The zero-order valence-corrected chi connectivity index (χ0v) is 19.0. The standard InChI is InChI=1S/C31H22N4/c32-22-12-15-29-28(18-22)31(35-30(34-29)27-11-5-8-19-6-1-3-9-24(19)27)33-23-13-14-26-21(17-23)16-20-7-2-4-10-25(20)26/h1-15,17-18H,16,32H2,(H,33,34,35). The molecule has 1 aliphatic rings.